The molecule has 72 valence electrons. The first kappa shape index (κ1) is 8.42. The topological polar surface area (TPSA) is 88.5 Å². The van der Waals surface area contributed by atoms with Gasteiger partial charge in [-0.1, -0.05) is 0 Å². The van der Waals surface area contributed by atoms with Crippen molar-refractivity contribution in [3.63, 3.8) is 0 Å². The van der Waals surface area contributed by atoms with E-state index in [0.717, 1.165) is 0 Å². The van der Waals surface area contributed by atoms with Crippen LogP contribution in [0.2, 0.25) is 0 Å². The van der Waals surface area contributed by atoms with E-state index in [1.165, 1.54) is 23.4 Å². The van der Waals surface area contributed by atoms with Gasteiger partial charge in [0.1, 0.15) is 18.5 Å². The van der Waals surface area contributed by atoms with E-state index in [1.54, 1.807) is 6.20 Å². The van der Waals surface area contributed by atoms with Crippen LogP contribution in [0.3, 0.4) is 0 Å². The lowest BCUT2D eigenvalue weighted by Gasteiger charge is -2.01. The van der Waals surface area contributed by atoms with Gasteiger partial charge in [-0.3, -0.25) is 9.67 Å². The lowest BCUT2D eigenvalue weighted by molar-refractivity contribution is 0.241. The maximum absolute atomic E-state index is 11.4. The number of aromatic amines is 1. The van der Waals surface area contributed by atoms with Crippen LogP contribution in [0.5, 0.6) is 0 Å². The lowest BCUT2D eigenvalue weighted by Crippen LogP contribution is -2.27. The van der Waals surface area contributed by atoms with Gasteiger partial charge in [-0.2, -0.15) is 5.10 Å². The molecule has 0 aliphatic rings. The summed E-state index contributed by atoms with van der Waals surface area (Å²) < 4.78 is 1.34. The van der Waals surface area contributed by atoms with Crippen molar-refractivity contribution >= 4 is 6.03 Å². The van der Waals surface area contributed by atoms with Crippen LogP contribution in [0.4, 0.5) is 4.79 Å². The minimum absolute atomic E-state index is 0.251. The van der Waals surface area contributed by atoms with Crippen LogP contribution in [-0.2, 0) is 6.54 Å². The molecule has 2 aromatic rings. The molecule has 2 aromatic heterocycles. The average molecular weight is 192 g/mol. The van der Waals surface area contributed by atoms with Gasteiger partial charge in [-0.25, -0.2) is 14.8 Å². The van der Waals surface area contributed by atoms with E-state index in [0.29, 0.717) is 12.4 Å². The van der Waals surface area contributed by atoms with Gasteiger partial charge in [-0.15, -0.1) is 0 Å². The highest BCUT2D eigenvalue weighted by Crippen LogP contribution is 1.87. The van der Waals surface area contributed by atoms with E-state index in [9.17, 15) is 4.79 Å². The number of imidazole rings is 1. The molecule has 0 unspecified atom stereocenters. The van der Waals surface area contributed by atoms with Crippen LogP contribution < -0.4 is 5.32 Å². The molecular weight excluding hydrogens is 184 g/mol. The molecule has 2 N–H and O–H groups in total. The van der Waals surface area contributed by atoms with E-state index >= 15 is 0 Å². The van der Waals surface area contributed by atoms with E-state index in [-0.39, 0.29) is 6.03 Å². The van der Waals surface area contributed by atoms with E-state index in [2.05, 4.69) is 25.5 Å². The molecule has 0 radical (unpaired) electrons. The van der Waals surface area contributed by atoms with Crippen molar-refractivity contribution in [3.8, 4) is 0 Å². The fraction of sp³-hybridized carbons (Fsp3) is 0.143. The first-order chi connectivity index (χ1) is 6.86. The van der Waals surface area contributed by atoms with Gasteiger partial charge in [0, 0.05) is 12.4 Å². The van der Waals surface area contributed by atoms with Crippen LogP contribution in [-0.4, -0.2) is 30.8 Å². The second-order valence-corrected chi connectivity index (χ2v) is 2.56. The number of hydrogen-bond donors (Lipinski definition) is 2. The molecule has 0 aliphatic heterocycles. The number of rotatable bonds is 2. The van der Waals surface area contributed by atoms with Crippen molar-refractivity contribution in [1.82, 2.24) is 30.0 Å². The molecular formula is C7H8N6O. The Morgan fingerprint density at radius 2 is 2.57 bits per heavy atom. The van der Waals surface area contributed by atoms with Crippen molar-refractivity contribution in [2.75, 3.05) is 0 Å². The molecule has 1 amide bonds. The van der Waals surface area contributed by atoms with Gasteiger partial charge < -0.3 is 5.32 Å². The van der Waals surface area contributed by atoms with Crippen molar-refractivity contribution in [3.05, 3.63) is 30.9 Å². The van der Waals surface area contributed by atoms with Crippen molar-refractivity contribution < 1.29 is 4.79 Å². The Kier molecular flexibility index (Phi) is 2.22. The van der Waals surface area contributed by atoms with Gasteiger partial charge in [0.15, 0.2) is 0 Å². The number of nitrogens with zero attached hydrogens (tertiary/aromatic N) is 4. The van der Waals surface area contributed by atoms with Gasteiger partial charge >= 0.3 is 6.03 Å². The first-order valence-corrected chi connectivity index (χ1v) is 3.96. The monoisotopic (exact) mass is 192 g/mol. The summed E-state index contributed by atoms with van der Waals surface area (Å²) in [7, 11) is 0. The SMILES string of the molecule is O=C(NCc1ncn[nH]1)n1ccnc1. The van der Waals surface area contributed by atoms with Gasteiger partial charge in [-0.05, 0) is 0 Å². The third-order valence-corrected chi connectivity index (χ3v) is 1.61. The molecule has 2 heterocycles. The Bertz CT molecular complexity index is 392. The molecule has 0 aliphatic carbocycles. The average Bonchev–Trinajstić information content (AvgIpc) is 2.87. The molecule has 14 heavy (non-hydrogen) atoms. The summed E-state index contributed by atoms with van der Waals surface area (Å²) in [6.07, 6.45) is 5.91. The van der Waals surface area contributed by atoms with E-state index < -0.39 is 0 Å². The van der Waals surface area contributed by atoms with E-state index in [4.69, 9.17) is 0 Å². The fourth-order valence-corrected chi connectivity index (χ4v) is 0.946. The van der Waals surface area contributed by atoms with Crippen molar-refractivity contribution in [1.29, 1.82) is 0 Å². The zero-order chi connectivity index (χ0) is 9.80. The minimum Gasteiger partial charge on any atom is -0.330 e. The Balaban J connectivity index is 1.90. The number of H-pyrrole nitrogens is 1. The molecule has 0 saturated carbocycles. The highest BCUT2D eigenvalue weighted by molar-refractivity contribution is 5.76. The highest BCUT2D eigenvalue weighted by atomic mass is 16.2. The second-order valence-electron chi connectivity index (χ2n) is 2.56. The van der Waals surface area contributed by atoms with Crippen LogP contribution in [0.15, 0.2) is 25.0 Å². The summed E-state index contributed by atoms with van der Waals surface area (Å²) in [6, 6.07) is -0.251. The van der Waals surface area contributed by atoms with Crippen LogP contribution in [0.25, 0.3) is 0 Å². The maximum atomic E-state index is 11.4. The fourth-order valence-electron chi connectivity index (χ4n) is 0.946. The number of carbonyl (C=O) groups excluding carboxylic acids is 1. The predicted molar refractivity (Wildman–Crippen MR) is 46.2 cm³/mol. The van der Waals surface area contributed by atoms with Gasteiger partial charge in [0.2, 0.25) is 0 Å². The summed E-state index contributed by atoms with van der Waals surface area (Å²) in [5.41, 5.74) is 0. The van der Waals surface area contributed by atoms with Crippen molar-refractivity contribution in [2.45, 2.75) is 6.54 Å². The molecule has 0 spiro atoms. The summed E-state index contributed by atoms with van der Waals surface area (Å²) in [4.78, 5) is 19.0. The summed E-state index contributed by atoms with van der Waals surface area (Å²) in [5, 5.41) is 8.93. The van der Waals surface area contributed by atoms with E-state index in [1.807, 2.05) is 0 Å². The maximum Gasteiger partial charge on any atom is 0.327 e. The molecule has 0 aromatic carbocycles. The largest absolute Gasteiger partial charge is 0.330 e. The quantitative estimate of drug-likeness (QED) is 0.687. The van der Waals surface area contributed by atoms with Crippen LogP contribution in [0.1, 0.15) is 5.82 Å². The highest BCUT2D eigenvalue weighted by Gasteiger charge is 2.03. The zero-order valence-electron chi connectivity index (χ0n) is 7.21. The summed E-state index contributed by atoms with van der Waals surface area (Å²) >= 11 is 0. The third-order valence-electron chi connectivity index (χ3n) is 1.61. The molecule has 0 atom stereocenters. The number of hydrogen-bond acceptors (Lipinski definition) is 4. The van der Waals surface area contributed by atoms with Gasteiger partial charge in [0.25, 0.3) is 0 Å². The Morgan fingerprint density at radius 1 is 1.64 bits per heavy atom. The number of nitrogens with one attached hydrogen (secondary N) is 2. The standard InChI is InChI=1S/C7H8N6O/c14-7(13-2-1-8-5-13)9-3-6-10-4-11-12-6/h1-2,4-5H,3H2,(H,9,14)(H,10,11,12). The molecule has 2 rings (SSSR count). The molecule has 0 saturated heterocycles. The third kappa shape index (κ3) is 1.76. The number of amides is 1. The first-order valence-electron chi connectivity index (χ1n) is 3.96. The van der Waals surface area contributed by atoms with Crippen LogP contribution in [0, 0.1) is 0 Å². The zero-order valence-corrected chi connectivity index (χ0v) is 7.21. The van der Waals surface area contributed by atoms with Gasteiger partial charge in [0.05, 0.1) is 6.54 Å². The summed E-state index contributed by atoms with van der Waals surface area (Å²) in [5.74, 6) is 0.610. The Labute approximate surface area is 79.2 Å². The summed E-state index contributed by atoms with van der Waals surface area (Å²) in [6.45, 7) is 0.316. The number of aromatic nitrogens is 5. The molecule has 7 heteroatoms. The smallest absolute Gasteiger partial charge is 0.327 e. The number of carbonyl (C=O) groups is 1. The van der Waals surface area contributed by atoms with Crippen molar-refractivity contribution in [2.24, 2.45) is 0 Å². The van der Waals surface area contributed by atoms with Crippen LogP contribution >= 0.6 is 0 Å². The normalized spacial score (nSPS) is 10.0. The Morgan fingerprint density at radius 3 is 3.21 bits per heavy atom. The molecule has 0 fully saturated rings. The Hall–Kier alpha value is -2.18. The molecule has 7 nitrogen and oxygen atoms in total. The molecule has 0 bridgehead atoms. The second kappa shape index (κ2) is 3.69. The minimum atomic E-state index is -0.251. The predicted octanol–water partition coefficient (Wildman–Crippen LogP) is -0.241. The lowest BCUT2D eigenvalue weighted by atomic mass is 10.6.